The van der Waals surface area contributed by atoms with Gasteiger partial charge in [0.25, 0.3) is 5.91 Å². The van der Waals surface area contributed by atoms with E-state index in [4.69, 9.17) is 4.74 Å². The SMILES string of the molecule is Cc1cc(NC(=O)c2nn(-c3ccc(F)cc3)cc2OCc2ccc(F)cc2)ccc1Br. The Balaban J connectivity index is 1.62. The van der Waals surface area contributed by atoms with Crippen LogP contribution in [0.2, 0.25) is 0 Å². The predicted octanol–water partition coefficient (Wildman–Crippen LogP) is 6.05. The maximum Gasteiger partial charge on any atom is 0.280 e. The number of hydrogen-bond donors (Lipinski definition) is 1. The van der Waals surface area contributed by atoms with Crippen molar-refractivity contribution in [2.45, 2.75) is 13.5 Å². The van der Waals surface area contributed by atoms with Crippen LogP contribution in [-0.4, -0.2) is 15.7 Å². The van der Waals surface area contributed by atoms with Gasteiger partial charge in [-0.2, -0.15) is 5.10 Å². The second-order valence-corrected chi connectivity index (χ2v) is 7.95. The summed E-state index contributed by atoms with van der Waals surface area (Å²) in [5, 5.41) is 7.18. The molecule has 1 heterocycles. The maximum absolute atomic E-state index is 13.3. The van der Waals surface area contributed by atoms with Crippen molar-refractivity contribution < 1.29 is 18.3 Å². The number of ether oxygens (including phenoxy) is 1. The second-order valence-electron chi connectivity index (χ2n) is 7.10. The van der Waals surface area contributed by atoms with Crippen molar-refractivity contribution in [3.05, 3.63) is 106 Å². The number of nitrogens with zero attached hydrogens (tertiary/aromatic N) is 2. The lowest BCUT2D eigenvalue weighted by Crippen LogP contribution is -2.14. The minimum atomic E-state index is -0.457. The molecule has 1 aromatic heterocycles. The molecule has 0 spiro atoms. The fourth-order valence-corrected chi connectivity index (χ4v) is 3.25. The molecule has 8 heteroatoms. The van der Waals surface area contributed by atoms with Crippen LogP contribution in [0.4, 0.5) is 14.5 Å². The normalized spacial score (nSPS) is 10.8. The van der Waals surface area contributed by atoms with E-state index in [2.05, 4.69) is 26.3 Å². The van der Waals surface area contributed by atoms with Gasteiger partial charge < -0.3 is 10.1 Å². The molecule has 0 bridgehead atoms. The Bertz CT molecular complexity index is 1260. The summed E-state index contributed by atoms with van der Waals surface area (Å²) in [5.41, 5.74) is 2.94. The zero-order valence-corrected chi connectivity index (χ0v) is 18.6. The largest absolute Gasteiger partial charge is 0.485 e. The first kappa shape index (κ1) is 21.7. The number of nitrogens with one attached hydrogen (secondary N) is 1. The second kappa shape index (κ2) is 9.32. The van der Waals surface area contributed by atoms with Crippen LogP contribution in [0.1, 0.15) is 21.6 Å². The minimum absolute atomic E-state index is 0.0667. The molecule has 0 saturated heterocycles. The van der Waals surface area contributed by atoms with E-state index in [1.165, 1.54) is 28.9 Å². The van der Waals surface area contributed by atoms with Gasteiger partial charge in [0, 0.05) is 10.2 Å². The number of anilines is 1. The van der Waals surface area contributed by atoms with E-state index < -0.39 is 5.91 Å². The average Bonchev–Trinajstić information content (AvgIpc) is 3.21. The third kappa shape index (κ3) is 5.03. The van der Waals surface area contributed by atoms with E-state index in [-0.39, 0.29) is 29.7 Å². The molecule has 3 aromatic carbocycles. The standard InChI is InChI=1S/C24H18BrF2N3O2/c1-15-12-19(8-11-21(15)25)28-24(31)23-22(32-14-16-2-4-17(26)5-3-16)13-30(29-23)20-9-6-18(27)7-10-20/h2-13H,14H2,1H3,(H,28,31). The van der Waals surface area contributed by atoms with Gasteiger partial charge >= 0.3 is 0 Å². The number of halogens is 3. The summed E-state index contributed by atoms with van der Waals surface area (Å²) in [7, 11) is 0. The highest BCUT2D eigenvalue weighted by atomic mass is 79.9. The summed E-state index contributed by atoms with van der Waals surface area (Å²) >= 11 is 3.43. The van der Waals surface area contributed by atoms with Crippen LogP contribution in [0.15, 0.2) is 77.4 Å². The summed E-state index contributed by atoms with van der Waals surface area (Å²) in [4.78, 5) is 13.0. The molecule has 1 amide bonds. The first-order valence-electron chi connectivity index (χ1n) is 9.69. The molecular formula is C24H18BrF2N3O2. The van der Waals surface area contributed by atoms with Gasteiger partial charge in [-0.3, -0.25) is 4.79 Å². The Labute approximate surface area is 191 Å². The molecule has 0 aliphatic heterocycles. The highest BCUT2D eigenvalue weighted by molar-refractivity contribution is 9.10. The van der Waals surface area contributed by atoms with Crippen LogP contribution in [0.5, 0.6) is 5.75 Å². The van der Waals surface area contributed by atoms with E-state index >= 15 is 0 Å². The average molecular weight is 498 g/mol. The van der Waals surface area contributed by atoms with Gasteiger partial charge in [0.15, 0.2) is 11.4 Å². The summed E-state index contributed by atoms with van der Waals surface area (Å²) < 4.78 is 34.7. The fraction of sp³-hybridized carbons (Fsp3) is 0.0833. The van der Waals surface area contributed by atoms with E-state index in [1.54, 1.807) is 36.5 Å². The monoisotopic (exact) mass is 497 g/mol. The van der Waals surface area contributed by atoms with Gasteiger partial charge in [-0.05, 0) is 72.6 Å². The van der Waals surface area contributed by atoms with Gasteiger partial charge in [-0.25, -0.2) is 13.5 Å². The number of carbonyl (C=O) groups excluding carboxylic acids is 1. The molecule has 0 aliphatic rings. The lowest BCUT2D eigenvalue weighted by Gasteiger charge is -2.08. The number of rotatable bonds is 6. The molecule has 0 atom stereocenters. The van der Waals surface area contributed by atoms with Gasteiger partial charge in [0.1, 0.15) is 18.2 Å². The van der Waals surface area contributed by atoms with Crippen molar-refractivity contribution in [2.75, 3.05) is 5.32 Å². The lowest BCUT2D eigenvalue weighted by atomic mass is 10.2. The molecule has 4 rings (SSSR count). The molecule has 0 fully saturated rings. The first-order valence-corrected chi connectivity index (χ1v) is 10.5. The van der Waals surface area contributed by atoms with Crippen LogP contribution < -0.4 is 10.1 Å². The minimum Gasteiger partial charge on any atom is -0.485 e. The Morgan fingerprint density at radius 3 is 2.34 bits per heavy atom. The molecular weight excluding hydrogens is 480 g/mol. The van der Waals surface area contributed by atoms with Crippen molar-refractivity contribution in [3.63, 3.8) is 0 Å². The summed E-state index contributed by atoms with van der Waals surface area (Å²) in [6.07, 6.45) is 1.55. The highest BCUT2D eigenvalue weighted by Crippen LogP contribution is 2.24. The zero-order valence-electron chi connectivity index (χ0n) is 17.0. The number of carbonyl (C=O) groups is 1. The quantitative estimate of drug-likeness (QED) is 0.352. The summed E-state index contributed by atoms with van der Waals surface area (Å²) in [6.45, 7) is 2.04. The lowest BCUT2D eigenvalue weighted by molar-refractivity contribution is 0.101. The molecule has 0 aliphatic carbocycles. The Kier molecular flexibility index (Phi) is 6.32. The summed E-state index contributed by atoms with van der Waals surface area (Å²) in [5.74, 6) is -0.938. The van der Waals surface area contributed by atoms with Gasteiger partial charge in [0.2, 0.25) is 0 Å². The van der Waals surface area contributed by atoms with Crippen molar-refractivity contribution in [1.29, 1.82) is 0 Å². The number of hydrogen-bond acceptors (Lipinski definition) is 3. The highest BCUT2D eigenvalue weighted by Gasteiger charge is 2.20. The predicted molar refractivity (Wildman–Crippen MR) is 121 cm³/mol. The van der Waals surface area contributed by atoms with Crippen molar-refractivity contribution in [3.8, 4) is 11.4 Å². The maximum atomic E-state index is 13.3. The Hall–Kier alpha value is -3.52. The van der Waals surface area contributed by atoms with Gasteiger partial charge in [0.05, 0.1) is 11.9 Å². The number of aromatic nitrogens is 2. The van der Waals surface area contributed by atoms with Crippen LogP contribution in [0, 0.1) is 18.6 Å². The van der Waals surface area contributed by atoms with Gasteiger partial charge in [-0.1, -0.05) is 28.1 Å². The molecule has 0 unspecified atom stereocenters. The van der Waals surface area contributed by atoms with E-state index in [1.807, 2.05) is 19.1 Å². The van der Waals surface area contributed by atoms with Crippen molar-refractivity contribution >= 4 is 27.5 Å². The molecule has 32 heavy (non-hydrogen) atoms. The summed E-state index contributed by atoms with van der Waals surface area (Å²) in [6, 6.07) is 17.0. The van der Waals surface area contributed by atoms with Crippen LogP contribution in [-0.2, 0) is 6.61 Å². The van der Waals surface area contributed by atoms with Crippen molar-refractivity contribution in [2.24, 2.45) is 0 Å². The van der Waals surface area contributed by atoms with E-state index in [0.717, 1.165) is 15.6 Å². The third-order valence-electron chi connectivity index (χ3n) is 4.71. The molecule has 0 saturated carbocycles. The number of aryl methyl sites for hydroxylation is 1. The van der Waals surface area contributed by atoms with E-state index in [9.17, 15) is 13.6 Å². The molecule has 5 nitrogen and oxygen atoms in total. The Morgan fingerprint density at radius 1 is 1.03 bits per heavy atom. The first-order chi connectivity index (χ1) is 15.4. The van der Waals surface area contributed by atoms with Crippen molar-refractivity contribution in [1.82, 2.24) is 9.78 Å². The molecule has 0 radical (unpaired) electrons. The zero-order chi connectivity index (χ0) is 22.7. The van der Waals surface area contributed by atoms with Gasteiger partial charge in [-0.15, -0.1) is 0 Å². The fourth-order valence-electron chi connectivity index (χ4n) is 3.00. The smallest absolute Gasteiger partial charge is 0.280 e. The van der Waals surface area contributed by atoms with Crippen LogP contribution >= 0.6 is 15.9 Å². The van der Waals surface area contributed by atoms with Crippen LogP contribution in [0.3, 0.4) is 0 Å². The Morgan fingerprint density at radius 2 is 1.69 bits per heavy atom. The third-order valence-corrected chi connectivity index (χ3v) is 5.60. The number of benzene rings is 3. The number of amides is 1. The van der Waals surface area contributed by atoms with Crippen LogP contribution in [0.25, 0.3) is 5.69 Å². The topological polar surface area (TPSA) is 56.2 Å². The molecule has 162 valence electrons. The van der Waals surface area contributed by atoms with E-state index in [0.29, 0.717) is 11.4 Å². The molecule has 4 aromatic rings. The molecule has 1 N–H and O–H groups in total.